The number of aliphatic hydroxyl groups excluding tert-OH is 1. The molecule has 0 bridgehead atoms. The Morgan fingerprint density at radius 1 is 1.33 bits per heavy atom. The van der Waals surface area contributed by atoms with Gasteiger partial charge in [-0.25, -0.2) is 0 Å². The molecule has 2 aromatic rings. The van der Waals surface area contributed by atoms with Crippen LogP contribution in [0, 0.1) is 6.92 Å². The Balaban J connectivity index is 1.78. The number of hydrogen-bond donors (Lipinski definition) is 1. The molecule has 0 saturated carbocycles. The van der Waals surface area contributed by atoms with Gasteiger partial charge >= 0.3 is 0 Å². The van der Waals surface area contributed by atoms with Crippen LogP contribution in [-0.2, 0) is 4.79 Å². The van der Waals surface area contributed by atoms with Gasteiger partial charge in [-0.2, -0.15) is 0 Å². The van der Waals surface area contributed by atoms with Crippen LogP contribution in [0.1, 0.15) is 23.7 Å². The largest absolute Gasteiger partial charge is 0.482 e. The maximum atomic E-state index is 12.6. The Bertz CT molecular complexity index is 779. The first kappa shape index (κ1) is 17.1. The van der Waals surface area contributed by atoms with Gasteiger partial charge in [-0.15, -0.1) is 0 Å². The molecule has 1 amide bonds. The van der Waals surface area contributed by atoms with Crippen molar-refractivity contribution in [3.8, 4) is 5.75 Å². The number of ether oxygens (including phenoxy) is 1. The summed E-state index contributed by atoms with van der Waals surface area (Å²) in [5.41, 5.74) is 2.50. The maximum absolute atomic E-state index is 12.6. The van der Waals surface area contributed by atoms with E-state index in [2.05, 4.69) is 0 Å². The van der Waals surface area contributed by atoms with Crippen LogP contribution in [0.4, 0.5) is 5.69 Å². The third-order valence-electron chi connectivity index (χ3n) is 4.07. The number of rotatable bonds is 3. The van der Waals surface area contributed by atoms with E-state index in [0.717, 1.165) is 16.8 Å². The predicted octanol–water partition coefficient (Wildman–Crippen LogP) is 4.15. The second-order valence-corrected chi connectivity index (χ2v) is 6.57. The maximum Gasteiger partial charge on any atom is 0.264 e. The number of carbonyl (C=O) groups excluding carboxylic acids is 1. The summed E-state index contributed by atoms with van der Waals surface area (Å²) in [6.07, 6.45) is -0.0419. The summed E-state index contributed by atoms with van der Waals surface area (Å²) in [5.74, 6) is 0.236. The Labute approximate surface area is 150 Å². The van der Waals surface area contributed by atoms with Gasteiger partial charge in [0.2, 0.25) is 0 Å². The highest BCUT2D eigenvalue weighted by Gasteiger charge is 2.29. The monoisotopic (exact) mass is 365 g/mol. The molecular weight excluding hydrogens is 349 g/mol. The highest BCUT2D eigenvalue weighted by Crippen LogP contribution is 2.36. The van der Waals surface area contributed by atoms with Gasteiger partial charge in [0.25, 0.3) is 5.91 Å². The number of anilines is 1. The number of carbonyl (C=O) groups is 1. The molecule has 1 atom stereocenters. The van der Waals surface area contributed by atoms with E-state index in [1.165, 1.54) is 0 Å². The van der Waals surface area contributed by atoms with Crippen molar-refractivity contribution in [3.05, 3.63) is 57.6 Å². The van der Waals surface area contributed by atoms with Gasteiger partial charge in [-0.1, -0.05) is 41.4 Å². The fourth-order valence-corrected chi connectivity index (χ4v) is 3.36. The Kier molecular flexibility index (Phi) is 4.99. The van der Waals surface area contributed by atoms with Crippen LogP contribution in [0.3, 0.4) is 0 Å². The molecule has 0 aliphatic carbocycles. The molecule has 0 saturated heterocycles. The third kappa shape index (κ3) is 3.36. The molecule has 0 aromatic heterocycles. The zero-order valence-electron chi connectivity index (χ0n) is 13.1. The molecule has 0 spiro atoms. The van der Waals surface area contributed by atoms with E-state index in [9.17, 15) is 9.90 Å². The summed E-state index contributed by atoms with van der Waals surface area (Å²) in [6.45, 7) is 2.24. The van der Waals surface area contributed by atoms with E-state index < -0.39 is 6.10 Å². The van der Waals surface area contributed by atoms with Crippen LogP contribution in [0.2, 0.25) is 10.0 Å². The second kappa shape index (κ2) is 7.01. The van der Waals surface area contributed by atoms with Crippen molar-refractivity contribution < 1.29 is 14.6 Å². The van der Waals surface area contributed by atoms with Crippen molar-refractivity contribution in [2.45, 2.75) is 19.4 Å². The third-order valence-corrected chi connectivity index (χ3v) is 4.60. The number of fused-ring (bicyclic) bond motifs is 1. The van der Waals surface area contributed by atoms with Gasteiger partial charge in [0, 0.05) is 17.1 Å². The van der Waals surface area contributed by atoms with Crippen molar-refractivity contribution in [1.29, 1.82) is 0 Å². The normalized spacial score (nSPS) is 16.7. The Morgan fingerprint density at radius 3 is 2.88 bits per heavy atom. The number of halogens is 2. The average molecular weight is 366 g/mol. The lowest BCUT2D eigenvalue weighted by Crippen LogP contribution is -2.40. The summed E-state index contributed by atoms with van der Waals surface area (Å²) in [4.78, 5) is 14.3. The van der Waals surface area contributed by atoms with Gasteiger partial charge in [0.05, 0.1) is 16.8 Å². The quantitative estimate of drug-likeness (QED) is 0.888. The molecule has 6 heteroatoms. The van der Waals surface area contributed by atoms with Crippen LogP contribution in [0.15, 0.2) is 36.4 Å². The van der Waals surface area contributed by atoms with Crippen LogP contribution in [-0.4, -0.2) is 24.2 Å². The fourth-order valence-electron chi connectivity index (χ4n) is 2.90. The standard InChI is InChI=1S/C18H17Cl2NO3/c1-11-3-2-4-13-15(22)7-8-21(18(11)13)17(23)10-24-16-6-5-12(19)9-14(16)20/h2-6,9,15,22H,7-8,10H2,1H3. The van der Waals surface area contributed by atoms with Crippen molar-refractivity contribution >= 4 is 34.8 Å². The molecule has 24 heavy (non-hydrogen) atoms. The smallest absolute Gasteiger partial charge is 0.264 e. The van der Waals surface area contributed by atoms with E-state index in [1.54, 1.807) is 23.1 Å². The minimum atomic E-state index is -0.546. The van der Waals surface area contributed by atoms with Gasteiger partial charge < -0.3 is 14.7 Å². The number of para-hydroxylation sites is 1. The highest BCUT2D eigenvalue weighted by atomic mass is 35.5. The van der Waals surface area contributed by atoms with Crippen molar-refractivity contribution in [2.24, 2.45) is 0 Å². The number of aryl methyl sites for hydroxylation is 1. The molecule has 126 valence electrons. The van der Waals surface area contributed by atoms with Crippen molar-refractivity contribution in [2.75, 3.05) is 18.1 Å². The first-order chi connectivity index (χ1) is 11.5. The van der Waals surface area contributed by atoms with Crippen LogP contribution in [0.25, 0.3) is 0 Å². The summed E-state index contributed by atoms with van der Waals surface area (Å²) in [5, 5.41) is 11.0. The lowest BCUT2D eigenvalue weighted by molar-refractivity contribution is -0.120. The summed E-state index contributed by atoms with van der Waals surface area (Å²) >= 11 is 11.9. The Hall–Kier alpha value is -1.75. The van der Waals surface area contributed by atoms with E-state index in [4.69, 9.17) is 27.9 Å². The van der Waals surface area contributed by atoms with Crippen LogP contribution < -0.4 is 9.64 Å². The van der Waals surface area contributed by atoms with Gasteiger partial charge in [-0.3, -0.25) is 4.79 Å². The first-order valence-corrected chi connectivity index (χ1v) is 8.38. The number of benzene rings is 2. The van der Waals surface area contributed by atoms with Crippen molar-refractivity contribution in [1.82, 2.24) is 0 Å². The zero-order chi connectivity index (χ0) is 17.3. The lowest BCUT2D eigenvalue weighted by atomic mass is 9.96. The van der Waals surface area contributed by atoms with Gasteiger partial charge in [0.15, 0.2) is 6.61 Å². The molecule has 0 radical (unpaired) electrons. The molecule has 1 N–H and O–H groups in total. The van der Waals surface area contributed by atoms with Crippen molar-refractivity contribution in [3.63, 3.8) is 0 Å². The summed E-state index contributed by atoms with van der Waals surface area (Å²) in [7, 11) is 0. The van der Waals surface area contributed by atoms with Crippen LogP contribution >= 0.6 is 23.2 Å². The minimum Gasteiger partial charge on any atom is -0.482 e. The second-order valence-electron chi connectivity index (χ2n) is 5.73. The fraction of sp³-hybridized carbons (Fsp3) is 0.278. The van der Waals surface area contributed by atoms with Gasteiger partial charge in [-0.05, 0) is 37.1 Å². The first-order valence-electron chi connectivity index (χ1n) is 7.63. The molecule has 2 aromatic carbocycles. The van der Waals surface area contributed by atoms with E-state index >= 15 is 0 Å². The zero-order valence-corrected chi connectivity index (χ0v) is 14.6. The lowest BCUT2D eigenvalue weighted by Gasteiger charge is -2.33. The number of hydrogen-bond acceptors (Lipinski definition) is 3. The molecular formula is C18H17Cl2NO3. The van der Waals surface area contributed by atoms with E-state index in [-0.39, 0.29) is 12.5 Å². The molecule has 3 rings (SSSR count). The summed E-state index contributed by atoms with van der Waals surface area (Å²) < 4.78 is 5.54. The molecule has 1 aliphatic rings. The molecule has 4 nitrogen and oxygen atoms in total. The number of aliphatic hydroxyl groups is 1. The number of nitrogens with zero attached hydrogens (tertiary/aromatic N) is 1. The average Bonchev–Trinajstić information content (AvgIpc) is 2.55. The SMILES string of the molecule is Cc1cccc2c1N(C(=O)COc1ccc(Cl)cc1Cl)CCC2O. The summed E-state index contributed by atoms with van der Waals surface area (Å²) in [6, 6.07) is 10.5. The molecule has 0 fully saturated rings. The predicted molar refractivity (Wildman–Crippen MR) is 95.1 cm³/mol. The van der Waals surface area contributed by atoms with E-state index in [1.807, 2.05) is 25.1 Å². The Morgan fingerprint density at radius 2 is 2.12 bits per heavy atom. The van der Waals surface area contributed by atoms with E-state index in [0.29, 0.717) is 28.8 Å². The highest BCUT2D eigenvalue weighted by molar-refractivity contribution is 6.35. The topological polar surface area (TPSA) is 49.8 Å². The van der Waals surface area contributed by atoms with Gasteiger partial charge in [0.1, 0.15) is 5.75 Å². The minimum absolute atomic E-state index is 0.134. The molecule has 1 heterocycles. The molecule has 1 unspecified atom stereocenters. The van der Waals surface area contributed by atoms with Crippen LogP contribution in [0.5, 0.6) is 5.75 Å². The molecule has 1 aliphatic heterocycles. The number of amides is 1.